The molecule has 1 N–H and O–H groups in total. The molecule has 21 heavy (non-hydrogen) atoms. The Bertz CT molecular complexity index is 798. The van der Waals surface area contributed by atoms with E-state index >= 15 is 0 Å². The first-order chi connectivity index (χ1) is 10.1. The fraction of sp³-hybridized carbons (Fsp3) is 0.357. The van der Waals surface area contributed by atoms with Crippen LogP contribution in [0.1, 0.15) is 20.2 Å². The summed E-state index contributed by atoms with van der Waals surface area (Å²) in [4.78, 5) is 13.9. The van der Waals surface area contributed by atoms with E-state index in [4.69, 9.17) is 0 Å². The summed E-state index contributed by atoms with van der Waals surface area (Å²) in [6, 6.07) is 3.81. The van der Waals surface area contributed by atoms with Crippen molar-refractivity contribution in [1.29, 1.82) is 0 Å². The Morgan fingerprint density at radius 1 is 1.38 bits per heavy atom. The largest absolute Gasteiger partial charge is 0.349 e. The Kier molecular flexibility index (Phi) is 3.50. The number of amides is 1. The van der Waals surface area contributed by atoms with Gasteiger partial charge in [-0.2, -0.15) is 10.2 Å². The van der Waals surface area contributed by atoms with E-state index in [0.29, 0.717) is 13.1 Å². The van der Waals surface area contributed by atoms with Crippen LogP contribution in [0, 0.1) is 13.8 Å². The number of carbonyl (C=O) groups is 1. The van der Waals surface area contributed by atoms with Crippen molar-refractivity contribution < 1.29 is 4.79 Å². The smallest absolute Gasteiger partial charge is 0.261 e. The summed E-state index contributed by atoms with van der Waals surface area (Å²) in [7, 11) is 1.91. The zero-order chi connectivity index (χ0) is 15.0. The average Bonchev–Trinajstić information content (AvgIpc) is 3.10. The molecule has 0 aliphatic carbocycles. The van der Waals surface area contributed by atoms with Gasteiger partial charge in [-0.05, 0) is 26.0 Å². The Morgan fingerprint density at radius 3 is 2.90 bits per heavy atom. The van der Waals surface area contributed by atoms with E-state index in [0.717, 1.165) is 26.5 Å². The third kappa shape index (κ3) is 2.56. The van der Waals surface area contributed by atoms with Crippen LogP contribution in [0.15, 0.2) is 18.3 Å². The highest BCUT2D eigenvalue weighted by molar-refractivity contribution is 7.13. The summed E-state index contributed by atoms with van der Waals surface area (Å²) in [5.74, 6) is -0.0283. The Labute approximate surface area is 126 Å². The van der Waals surface area contributed by atoms with Crippen LogP contribution in [-0.2, 0) is 13.6 Å². The lowest BCUT2D eigenvalue weighted by atomic mass is 10.4. The Morgan fingerprint density at radius 2 is 2.19 bits per heavy atom. The van der Waals surface area contributed by atoms with Crippen molar-refractivity contribution in [1.82, 2.24) is 24.9 Å². The van der Waals surface area contributed by atoms with Crippen molar-refractivity contribution >= 4 is 28.3 Å². The molecule has 0 aliphatic rings. The zero-order valence-electron chi connectivity index (χ0n) is 12.3. The molecule has 3 aromatic rings. The first-order valence-electron chi connectivity index (χ1n) is 6.76. The maximum Gasteiger partial charge on any atom is 0.261 e. The predicted molar refractivity (Wildman–Crippen MR) is 82.6 cm³/mol. The molecule has 7 heteroatoms. The van der Waals surface area contributed by atoms with E-state index in [9.17, 15) is 4.79 Å². The van der Waals surface area contributed by atoms with Crippen molar-refractivity contribution in [3.8, 4) is 0 Å². The van der Waals surface area contributed by atoms with Gasteiger partial charge in [0.05, 0.1) is 23.3 Å². The van der Waals surface area contributed by atoms with Crippen LogP contribution in [0.3, 0.4) is 0 Å². The van der Waals surface area contributed by atoms with Gasteiger partial charge in [0.2, 0.25) is 0 Å². The number of nitrogens with one attached hydrogen (secondary N) is 1. The molecule has 0 atom stereocenters. The Hall–Kier alpha value is -2.15. The van der Waals surface area contributed by atoms with Crippen LogP contribution in [0.2, 0.25) is 0 Å². The number of carbonyl (C=O) groups excluding carboxylic acids is 1. The highest BCUT2D eigenvalue weighted by Crippen LogP contribution is 2.16. The van der Waals surface area contributed by atoms with Gasteiger partial charge in [-0.1, -0.05) is 0 Å². The van der Waals surface area contributed by atoms with Crippen molar-refractivity contribution in [2.45, 2.75) is 20.4 Å². The van der Waals surface area contributed by atoms with Gasteiger partial charge in [-0.25, -0.2) is 0 Å². The molecule has 6 nitrogen and oxygen atoms in total. The standard InChI is InChI=1S/C14H17N5OS/c1-9-4-5-12(21-9)14(20)15-6-7-19-13-10(2)17-18(3)11(13)8-16-19/h4-5,8H,6-7H2,1-3H3,(H,15,20). The SMILES string of the molecule is Cc1ccc(C(=O)NCCn2ncc3c2c(C)nn3C)s1. The van der Waals surface area contributed by atoms with E-state index in [1.54, 1.807) is 6.20 Å². The number of thiophene rings is 1. The molecule has 110 valence electrons. The second-order valence-electron chi connectivity index (χ2n) is 4.98. The van der Waals surface area contributed by atoms with E-state index in [2.05, 4.69) is 15.5 Å². The molecule has 0 aliphatic heterocycles. The number of nitrogens with zero attached hydrogens (tertiary/aromatic N) is 4. The van der Waals surface area contributed by atoms with Crippen LogP contribution in [0.5, 0.6) is 0 Å². The lowest BCUT2D eigenvalue weighted by Crippen LogP contribution is -2.26. The molecular weight excluding hydrogens is 286 g/mol. The number of aromatic nitrogens is 4. The second-order valence-corrected chi connectivity index (χ2v) is 6.26. The lowest BCUT2D eigenvalue weighted by Gasteiger charge is -2.05. The highest BCUT2D eigenvalue weighted by Gasteiger charge is 2.12. The lowest BCUT2D eigenvalue weighted by molar-refractivity contribution is 0.0956. The van der Waals surface area contributed by atoms with Crippen LogP contribution in [-0.4, -0.2) is 32.0 Å². The molecule has 0 unspecified atom stereocenters. The fourth-order valence-electron chi connectivity index (χ4n) is 2.40. The van der Waals surface area contributed by atoms with Crippen molar-refractivity contribution in [2.75, 3.05) is 6.54 Å². The van der Waals surface area contributed by atoms with Gasteiger partial charge in [0.25, 0.3) is 5.91 Å². The second kappa shape index (κ2) is 5.33. The number of aryl methyl sites for hydroxylation is 3. The normalized spacial score (nSPS) is 11.2. The van der Waals surface area contributed by atoms with Crippen LogP contribution < -0.4 is 5.32 Å². The van der Waals surface area contributed by atoms with Crippen molar-refractivity contribution in [3.63, 3.8) is 0 Å². The molecule has 0 spiro atoms. The number of hydrogen-bond donors (Lipinski definition) is 1. The first-order valence-corrected chi connectivity index (χ1v) is 7.57. The highest BCUT2D eigenvalue weighted by atomic mass is 32.1. The monoisotopic (exact) mass is 303 g/mol. The van der Waals surface area contributed by atoms with Gasteiger partial charge in [-0.15, -0.1) is 11.3 Å². The van der Waals surface area contributed by atoms with Crippen LogP contribution >= 0.6 is 11.3 Å². The summed E-state index contributed by atoms with van der Waals surface area (Å²) in [5, 5.41) is 11.7. The van der Waals surface area contributed by atoms with E-state index in [1.165, 1.54) is 11.3 Å². The van der Waals surface area contributed by atoms with Gasteiger partial charge in [0.1, 0.15) is 11.0 Å². The van der Waals surface area contributed by atoms with E-state index in [1.807, 2.05) is 42.4 Å². The van der Waals surface area contributed by atoms with Gasteiger partial charge in [-0.3, -0.25) is 14.2 Å². The summed E-state index contributed by atoms with van der Waals surface area (Å²) in [6.45, 7) is 5.13. The average molecular weight is 303 g/mol. The minimum atomic E-state index is -0.0283. The topological polar surface area (TPSA) is 64.7 Å². The molecule has 0 saturated carbocycles. The molecule has 3 aromatic heterocycles. The van der Waals surface area contributed by atoms with Crippen molar-refractivity contribution in [2.24, 2.45) is 7.05 Å². The van der Waals surface area contributed by atoms with Crippen molar-refractivity contribution in [3.05, 3.63) is 33.8 Å². The number of hydrogen-bond acceptors (Lipinski definition) is 4. The molecule has 0 bridgehead atoms. The quantitative estimate of drug-likeness (QED) is 0.800. The van der Waals surface area contributed by atoms with Crippen LogP contribution in [0.4, 0.5) is 0 Å². The molecule has 0 fully saturated rings. The predicted octanol–water partition coefficient (Wildman–Crippen LogP) is 1.88. The zero-order valence-corrected chi connectivity index (χ0v) is 13.1. The molecule has 0 saturated heterocycles. The summed E-state index contributed by atoms with van der Waals surface area (Å²) in [6.07, 6.45) is 1.81. The number of rotatable bonds is 4. The maximum atomic E-state index is 12.0. The third-order valence-electron chi connectivity index (χ3n) is 3.38. The summed E-state index contributed by atoms with van der Waals surface area (Å²) < 4.78 is 3.71. The fourth-order valence-corrected chi connectivity index (χ4v) is 3.18. The minimum Gasteiger partial charge on any atom is -0.349 e. The Balaban J connectivity index is 1.66. The molecule has 1 amide bonds. The number of fused-ring (bicyclic) bond motifs is 1. The summed E-state index contributed by atoms with van der Waals surface area (Å²) >= 11 is 1.50. The van der Waals surface area contributed by atoms with Gasteiger partial charge >= 0.3 is 0 Å². The van der Waals surface area contributed by atoms with E-state index in [-0.39, 0.29) is 5.91 Å². The molecular formula is C14H17N5OS. The van der Waals surface area contributed by atoms with Crippen LogP contribution in [0.25, 0.3) is 11.0 Å². The summed E-state index contributed by atoms with van der Waals surface area (Å²) in [5.41, 5.74) is 2.98. The molecule has 0 aromatic carbocycles. The van der Waals surface area contributed by atoms with Gasteiger partial charge in [0, 0.05) is 18.5 Å². The first kappa shape index (κ1) is 13.8. The molecule has 3 heterocycles. The van der Waals surface area contributed by atoms with E-state index < -0.39 is 0 Å². The van der Waals surface area contributed by atoms with Gasteiger partial charge in [0.15, 0.2) is 0 Å². The maximum absolute atomic E-state index is 12.0. The molecule has 0 radical (unpaired) electrons. The minimum absolute atomic E-state index is 0.0283. The van der Waals surface area contributed by atoms with Gasteiger partial charge < -0.3 is 5.32 Å². The third-order valence-corrected chi connectivity index (χ3v) is 4.38. The molecule has 3 rings (SSSR count).